The second kappa shape index (κ2) is 6.81. The van der Waals surface area contributed by atoms with Crippen LogP contribution in [-0.4, -0.2) is 13.0 Å². The zero-order chi connectivity index (χ0) is 15.6. The highest BCUT2D eigenvalue weighted by Gasteiger charge is 2.15. The maximum atomic E-state index is 12.4. The average molecular weight is 479 g/mol. The third-order valence-electron chi connectivity index (χ3n) is 2.75. The van der Waals surface area contributed by atoms with Gasteiger partial charge < -0.3 is 15.8 Å². The molecule has 0 fully saturated rings. The van der Waals surface area contributed by atoms with E-state index in [0.29, 0.717) is 22.7 Å². The number of methoxy groups -OCH3 is 1. The van der Waals surface area contributed by atoms with Gasteiger partial charge in [-0.3, -0.25) is 4.79 Å². The molecule has 2 aromatic carbocycles. The molecular formula is C14H11Br3N2O2. The monoisotopic (exact) mass is 476 g/mol. The standard InChI is InChI=1S/C14H11Br3N2O2/c1-21-8-2-3-12(18)9(6-8)14(20)19-13-10(16)4-7(15)5-11(13)17/h2-6H,18H2,1H3,(H,19,20). The Bertz CT molecular complexity index is 682. The smallest absolute Gasteiger partial charge is 0.257 e. The average Bonchev–Trinajstić information content (AvgIpc) is 2.43. The van der Waals surface area contributed by atoms with Gasteiger partial charge in [0.25, 0.3) is 5.91 Å². The summed E-state index contributed by atoms with van der Waals surface area (Å²) in [5.41, 5.74) is 7.23. The summed E-state index contributed by atoms with van der Waals surface area (Å²) in [5.74, 6) is 0.262. The minimum atomic E-state index is -0.310. The predicted octanol–water partition coefficient (Wildman–Crippen LogP) is 4.82. The van der Waals surface area contributed by atoms with E-state index in [2.05, 4.69) is 53.1 Å². The van der Waals surface area contributed by atoms with E-state index in [1.807, 2.05) is 12.1 Å². The lowest BCUT2D eigenvalue weighted by Crippen LogP contribution is -2.15. The van der Waals surface area contributed by atoms with Gasteiger partial charge >= 0.3 is 0 Å². The van der Waals surface area contributed by atoms with Crippen molar-refractivity contribution in [2.24, 2.45) is 0 Å². The molecule has 7 heteroatoms. The highest BCUT2D eigenvalue weighted by molar-refractivity contribution is 9.11. The molecule has 110 valence electrons. The number of benzene rings is 2. The van der Waals surface area contributed by atoms with Crippen LogP contribution in [-0.2, 0) is 0 Å². The molecule has 0 saturated carbocycles. The molecule has 3 N–H and O–H groups in total. The highest BCUT2D eigenvalue weighted by atomic mass is 79.9. The molecule has 2 aromatic rings. The summed E-state index contributed by atoms with van der Waals surface area (Å²) in [6.45, 7) is 0. The Morgan fingerprint density at radius 1 is 1.14 bits per heavy atom. The number of hydrogen-bond donors (Lipinski definition) is 2. The molecule has 0 aliphatic heterocycles. The summed E-state index contributed by atoms with van der Waals surface area (Å²) in [7, 11) is 1.54. The fourth-order valence-electron chi connectivity index (χ4n) is 1.70. The zero-order valence-electron chi connectivity index (χ0n) is 10.9. The zero-order valence-corrected chi connectivity index (χ0v) is 15.7. The van der Waals surface area contributed by atoms with Gasteiger partial charge in [-0.25, -0.2) is 0 Å². The Morgan fingerprint density at radius 2 is 1.76 bits per heavy atom. The largest absolute Gasteiger partial charge is 0.497 e. The number of nitrogens with two attached hydrogens (primary N) is 1. The SMILES string of the molecule is COc1ccc(N)c(C(=O)Nc2c(Br)cc(Br)cc2Br)c1. The van der Waals surface area contributed by atoms with E-state index in [0.717, 1.165) is 13.4 Å². The summed E-state index contributed by atoms with van der Waals surface area (Å²) in [5, 5.41) is 2.83. The molecule has 0 atom stereocenters. The third-order valence-corrected chi connectivity index (χ3v) is 4.46. The van der Waals surface area contributed by atoms with Gasteiger partial charge in [0, 0.05) is 19.1 Å². The molecule has 0 heterocycles. The summed E-state index contributed by atoms with van der Waals surface area (Å²) in [4.78, 5) is 12.4. The number of nitrogens with one attached hydrogen (secondary N) is 1. The Kier molecular flexibility index (Phi) is 5.29. The minimum absolute atomic E-state index is 0.310. The van der Waals surface area contributed by atoms with Crippen molar-refractivity contribution in [1.82, 2.24) is 0 Å². The van der Waals surface area contributed by atoms with Gasteiger partial charge in [0.2, 0.25) is 0 Å². The van der Waals surface area contributed by atoms with Crippen LogP contribution in [0.4, 0.5) is 11.4 Å². The van der Waals surface area contributed by atoms with Crippen molar-refractivity contribution in [3.63, 3.8) is 0 Å². The van der Waals surface area contributed by atoms with E-state index in [1.165, 1.54) is 7.11 Å². The first-order chi connectivity index (χ1) is 9.92. The quantitative estimate of drug-likeness (QED) is 0.622. The Balaban J connectivity index is 2.35. The number of anilines is 2. The van der Waals surface area contributed by atoms with Gasteiger partial charge in [-0.2, -0.15) is 0 Å². The molecule has 4 nitrogen and oxygen atoms in total. The van der Waals surface area contributed by atoms with Gasteiger partial charge in [0.05, 0.1) is 18.4 Å². The molecule has 0 saturated heterocycles. The number of rotatable bonds is 3. The van der Waals surface area contributed by atoms with Gasteiger partial charge in [-0.1, -0.05) is 15.9 Å². The van der Waals surface area contributed by atoms with Crippen LogP contribution in [0.25, 0.3) is 0 Å². The number of ether oxygens (including phenoxy) is 1. The van der Waals surface area contributed by atoms with Crippen LogP contribution in [0.15, 0.2) is 43.7 Å². The summed E-state index contributed by atoms with van der Waals surface area (Å²) in [6.07, 6.45) is 0. The van der Waals surface area contributed by atoms with Gasteiger partial charge in [0.15, 0.2) is 0 Å². The molecule has 0 spiro atoms. The molecule has 0 aliphatic rings. The van der Waals surface area contributed by atoms with Crippen molar-refractivity contribution < 1.29 is 9.53 Å². The molecule has 0 bridgehead atoms. The number of carbonyl (C=O) groups is 1. The molecular weight excluding hydrogens is 468 g/mol. The van der Waals surface area contributed by atoms with Crippen LogP contribution in [0.3, 0.4) is 0 Å². The number of amides is 1. The van der Waals surface area contributed by atoms with Gasteiger partial charge in [-0.15, -0.1) is 0 Å². The topological polar surface area (TPSA) is 64.3 Å². The molecule has 0 unspecified atom stereocenters. The number of nitrogen functional groups attached to an aromatic ring is 1. The van der Waals surface area contributed by atoms with Crippen molar-refractivity contribution >= 4 is 65.1 Å². The Hall–Kier alpha value is -1.05. The van der Waals surface area contributed by atoms with Crippen molar-refractivity contribution in [2.45, 2.75) is 0 Å². The fraction of sp³-hybridized carbons (Fsp3) is 0.0714. The van der Waals surface area contributed by atoms with Crippen LogP contribution < -0.4 is 15.8 Å². The Morgan fingerprint density at radius 3 is 2.33 bits per heavy atom. The van der Waals surface area contributed by atoms with Crippen molar-refractivity contribution in [3.05, 3.63) is 49.3 Å². The van der Waals surface area contributed by atoms with Crippen molar-refractivity contribution in [2.75, 3.05) is 18.2 Å². The van der Waals surface area contributed by atoms with E-state index >= 15 is 0 Å². The van der Waals surface area contributed by atoms with Crippen LogP contribution in [0.5, 0.6) is 5.75 Å². The second-order valence-corrected chi connectivity index (χ2v) is 6.78. The minimum Gasteiger partial charge on any atom is -0.497 e. The van der Waals surface area contributed by atoms with Crippen molar-refractivity contribution in [3.8, 4) is 5.75 Å². The van der Waals surface area contributed by atoms with Crippen LogP contribution in [0.2, 0.25) is 0 Å². The molecule has 0 radical (unpaired) electrons. The molecule has 0 aliphatic carbocycles. The van der Waals surface area contributed by atoms with E-state index < -0.39 is 0 Å². The molecule has 1 amide bonds. The van der Waals surface area contributed by atoms with E-state index in [9.17, 15) is 4.79 Å². The van der Waals surface area contributed by atoms with Crippen molar-refractivity contribution in [1.29, 1.82) is 0 Å². The summed E-state index contributed by atoms with van der Waals surface area (Å²) in [6, 6.07) is 8.63. The molecule has 0 aromatic heterocycles. The molecule has 21 heavy (non-hydrogen) atoms. The normalized spacial score (nSPS) is 10.3. The van der Waals surface area contributed by atoms with E-state index in [-0.39, 0.29) is 5.91 Å². The highest BCUT2D eigenvalue weighted by Crippen LogP contribution is 2.35. The van der Waals surface area contributed by atoms with Crippen LogP contribution in [0, 0.1) is 0 Å². The first kappa shape index (κ1) is 16.3. The number of hydrogen-bond acceptors (Lipinski definition) is 3. The lowest BCUT2D eigenvalue weighted by Gasteiger charge is -2.12. The fourth-order valence-corrected chi connectivity index (χ4v) is 4.16. The predicted molar refractivity (Wildman–Crippen MR) is 94.9 cm³/mol. The van der Waals surface area contributed by atoms with Crippen LogP contribution >= 0.6 is 47.8 Å². The summed E-state index contributed by atoms with van der Waals surface area (Å²) < 4.78 is 7.50. The maximum Gasteiger partial charge on any atom is 0.257 e. The lowest BCUT2D eigenvalue weighted by molar-refractivity contribution is 0.102. The third kappa shape index (κ3) is 3.78. The first-order valence-corrected chi connectivity index (χ1v) is 8.19. The number of carbonyl (C=O) groups excluding carboxylic acids is 1. The summed E-state index contributed by atoms with van der Waals surface area (Å²) >= 11 is 10.2. The van der Waals surface area contributed by atoms with Gasteiger partial charge in [-0.05, 0) is 62.2 Å². The Labute approximate surface area is 147 Å². The maximum absolute atomic E-state index is 12.4. The van der Waals surface area contributed by atoms with E-state index in [1.54, 1.807) is 18.2 Å². The lowest BCUT2D eigenvalue weighted by atomic mass is 10.1. The first-order valence-electron chi connectivity index (χ1n) is 5.81. The van der Waals surface area contributed by atoms with E-state index in [4.69, 9.17) is 10.5 Å². The van der Waals surface area contributed by atoms with Crippen LogP contribution in [0.1, 0.15) is 10.4 Å². The number of halogens is 3. The molecule has 2 rings (SSSR count). The second-order valence-electron chi connectivity index (χ2n) is 4.15. The van der Waals surface area contributed by atoms with Gasteiger partial charge in [0.1, 0.15) is 5.75 Å².